The molecule has 2 aromatic rings. The predicted octanol–water partition coefficient (Wildman–Crippen LogP) is 2.24. The van der Waals surface area contributed by atoms with Gasteiger partial charge in [-0.05, 0) is 37.0 Å². The quantitative estimate of drug-likeness (QED) is 0.764. The van der Waals surface area contributed by atoms with E-state index in [2.05, 4.69) is 14.9 Å². The van der Waals surface area contributed by atoms with Gasteiger partial charge in [0.15, 0.2) is 11.5 Å². The fourth-order valence-corrected chi connectivity index (χ4v) is 4.44. The molecule has 1 aromatic heterocycles. The highest BCUT2D eigenvalue weighted by molar-refractivity contribution is 5.96. The molecule has 8 nitrogen and oxygen atoms in total. The van der Waals surface area contributed by atoms with E-state index in [1.165, 1.54) is 0 Å². The standard InChI is InChI=1S/C21H26N4O4/c1-27-17-10-15(11-18(28-2)20(17)29-3)21(26)25-9-6-14-5-8-24(12-16(14)25)19-4-7-22-13-23-19/h4,7,10-11,13-14,16H,5-6,8-9,12H2,1-3H3. The van der Waals surface area contributed by atoms with Crippen molar-refractivity contribution in [2.75, 3.05) is 45.9 Å². The van der Waals surface area contributed by atoms with Crippen molar-refractivity contribution in [1.29, 1.82) is 0 Å². The van der Waals surface area contributed by atoms with Crippen LogP contribution in [0.25, 0.3) is 0 Å². The molecule has 2 atom stereocenters. The van der Waals surface area contributed by atoms with E-state index in [0.29, 0.717) is 28.7 Å². The highest BCUT2D eigenvalue weighted by Crippen LogP contribution is 2.40. The Morgan fingerprint density at radius 3 is 2.41 bits per heavy atom. The zero-order chi connectivity index (χ0) is 20.4. The second-order valence-electron chi connectivity index (χ2n) is 7.33. The van der Waals surface area contributed by atoms with Crippen LogP contribution in [0.5, 0.6) is 17.2 Å². The summed E-state index contributed by atoms with van der Waals surface area (Å²) in [4.78, 5) is 26.0. The van der Waals surface area contributed by atoms with E-state index in [1.54, 1.807) is 46.0 Å². The van der Waals surface area contributed by atoms with Crippen LogP contribution in [0.1, 0.15) is 23.2 Å². The summed E-state index contributed by atoms with van der Waals surface area (Å²) in [5.41, 5.74) is 0.541. The molecule has 0 N–H and O–H groups in total. The lowest BCUT2D eigenvalue weighted by molar-refractivity contribution is 0.0711. The smallest absolute Gasteiger partial charge is 0.254 e. The summed E-state index contributed by atoms with van der Waals surface area (Å²) >= 11 is 0. The lowest BCUT2D eigenvalue weighted by Crippen LogP contribution is -2.50. The van der Waals surface area contributed by atoms with E-state index >= 15 is 0 Å². The van der Waals surface area contributed by atoms with Crippen LogP contribution in [-0.2, 0) is 0 Å². The van der Waals surface area contributed by atoms with Crippen LogP contribution in [0.2, 0.25) is 0 Å². The lowest BCUT2D eigenvalue weighted by Gasteiger charge is -2.39. The molecule has 0 saturated carbocycles. The second-order valence-corrected chi connectivity index (χ2v) is 7.33. The summed E-state index contributed by atoms with van der Waals surface area (Å²) in [5.74, 6) is 2.86. The van der Waals surface area contributed by atoms with Gasteiger partial charge in [0.1, 0.15) is 12.1 Å². The Morgan fingerprint density at radius 2 is 1.79 bits per heavy atom. The van der Waals surface area contributed by atoms with Crippen LogP contribution in [0.15, 0.2) is 30.7 Å². The highest BCUT2D eigenvalue weighted by atomic mass is 16.5. The molecule has 1 aromatic carbocycles. The number of methoxy groups -OCH3 is 3. The van der Waals surface area contributed by atoms with E-state index < -0.39 is 0 Å². The Kier molecular flexibility index (Phi) is 5.42. The first-order valence-electron chi connectivity index (χ1n) is 9.78. The maximum Gasteiger partial charge on any atom is 0.254 e. The summed E-state index contributed by atoms with van der Waals surface area (Å²) in [5, 5.41) is 0. The Labute approximate surface area is 170 Å². The van der Waals surface area contributed by atoms with Crippen LogP contribution in [0, 0.1) is 5.92 Å². The minimum atomic E-state index is -0.0127. The average Bonchev–Trinajstić information content (AvgIpc) is 3.21. The number of nitrogens with zero attached hydrogens (tertiary/aromatic N) is 4. The summed E-state index contributed by atoms with van der Waals surface area (Å²) in [6.45, 7) is 2.48. The van der Waals surface area contributed by atoms with Gasteiger partial charge < -0.3 is 24.0 Å². The molecule has 0 spiro atoms. The van der Waals surface area contributed by atoms with Gasteiger partial charge >= 0.3 is 0 Å². The maximum absolute atomic E-state index is 13.4. The molecule has 2 unspecified atom stereocenters. The number of carbonyl (C=O) groups is 1. The van der Waals surface area contributed by atoms with Gasteiger partial charge in [0, 0.05) is 31.4 Å². The van der Waals surface area contributed by atoms with E-state index in [-0.39, 0.29) is 11.9 Å². The number of rotatable bonds is 5. The molecular formula is C21H26N4O4. The van der Waals surface area contributed by atoms with E-state index in [0.717, 1.165) is 38.3 Å². The lowest BCUT2D eigenvalue weighted by atomic mass is 9.92. The maximum atomic E-state index is 13.4. The van der Waals surface area contributed by atoms with Crippen LogP contribution in [0.4, 0.5) is 5.82 Å². The molecule has 2 aliphatic heterocycles. The molecule has 0 radical (unpaired) electrons. The van der Waals surface area contributed by atoms with E-state index in [9.17, 15) is 4.79 Å². The molecule has 4 rings (SSSR count). The first-order valence-corrected chi connectivity index (χ1v) is 9.78. The molecule has 0 bridgehead atoms. The van der Waals surface area contributed by atoms with Crippen molar-refractivity contribution in [3.8, 4) is 17.2 Å². The minimum Gasteiger partial charge on any atom is -0.493 e. The minimum absolute atomic E-state index is 0.0127. The molecule has 2 saturated heterocycles. The van der Waals surface area contributed by atoms with E-state index in [1.807, 2.05) is 11.0 Å². The monoisotopic (exact) mass is 398 g/mol. The normalized spacial score (nSPS) is 20.9. The van der Waals surface area contributed by atoms with Crippen LogP contribution >= 0.6 is 0 Å². The predicted molar refractivity (Wildman–Crippen MR) is 108 cm³/mol. The number of piperidine rings is 1. The number of amides is 1. The second kappa shape index (κ2) is 8.14. The summed E-state index contributed by atoms with van der Waals surface area (Å²) in [6.07, 6.45) is 5.39. The third kappa shape index (κ3) is 3.54. The number of fused-ring (bicyclic) bond motifs is 1. The first kappa shape index (κ1) is 19.3. The zero-order valence-electron chi connectivity index (χ0n) is 17.0. The molecule has 1 amide bonds. The number of carbonyl (C=O) groups excluding carboxylic acids is 1. The number of likely N-dealkylation sites (tertiary alicyclic amines) is 1. The van der Waals surface area contributed by atoms with Crippen molar-refractivity contribution < 1.29 is 19.0 Å². The number of hydrogen-bond donors (Lipinski definition) is 0. The Morgan fingerprint density at radius 1 is 1.07 bits per heavy atom. The zero-order valence-corrected chi connectivity index (χ0v) is 17.0. The van der Waals surface area contributed by atoms with Crippen molar-refractivity contribution in [1.82, 2.24) is 14.9 Å². The topological polar surface area (TPSA) is 77.0 Å². The summed E-state index contributed by atoms with van der Waals surface area (Å²) < 4.78 is 16.2. The van der Waals surface area contributed by atoms with Gasteiger partial charge in [-0.2, -0.15) is 0 Å². The fourth-order valence-electron chi connectivity index (χ4n) is 4.44. The van der Waals surface area contributed by atoms with Crippen molar-refractivity contribution >= 4 is 11.7 Å². The number of anilines is 1. The molecule has 3 heterocycles. The number of benzene rings is 1. The highest BCUT2D eigenvalue weighted by Gasteiger charge is 2.41. The number of ether oxygens (including phenoxy) is 3. The molecule has 2 fully saturated rings. The van der Waals surface area contributed by atoms with Crippen LogP contribution < -0.4 is 19.1 Å². The van der Waals surface area contributed by atoms with Gasteiger partial charge in [-0.1, -0.05) is 0 Å². The molecule has 154 valence electrons. The Hall–Kier alpha value is -3.03. The summed E-state index contributed by atoms with van der Waals surface area (Å²) in [6, 6.07) is 5.52. The van der Waals surface area contributed by atoms with Crippen molar-refractivity contribution in [2.45, 2.75) is 18.9 Å². The molecule has 0 aliphatic carbocycles. The van der Waals surface area contributed by atoms with Gasteiger partial charge in [-0.25, -0.2) is 9.97 Å². The number of aromatic nitrogens is 2. The summed E-state index contributed by atoms with van der Waals surface area (Å²) in [7, 11) is 4.66. The van der Waals surface area contributed by atoms with E-state index in [4.69, 9.17) is 14.2 Å². The van der Waals surface area contributed by atoms with Crippen molar-refractivity contribution in [2.24, 2.45) is 5.92 Å². The molecule has 2 aliphatic rings. The average molecular weight is 398 g/mol. The molecule has 8 heteroatoms. The van der Waals surface area contributed by atoms with Gasteiger partial charge in [0.25, 0.3) is 5.91 Å². The third-order valence-electron chi connectivity index (χ3n) is 5.93. The number of hydrogen-bond acceptors (Lipinski definition) is 7. The van der Waals surface area contributed by atoms with Crippen molar-refractivity contribution in [3.05, 3.63) is 36.3 Å². The Balaban J connectivity index is 1.59. The first-order chi connectivity index (χ1) is 14.2. The molecule has 29 heavy (non-hydrogen) atoms. The van der Waals surface area contributed by atoms with Crippen LogP contribution in [0.3, 0.4) is 0 Å². The SMILES string of the molecule is COc1cc(C(=O)N2CCC3CCN(c4ccncn4)CC32)cc(OC)c1OC. The largest absolute Gasteiger partial charge is 0.493 e. The molecular weight excluding hydrogens is 372 g/mol. The Bertz CT molecular complexity index is 851. The van der Waals surface area contributed by atoms with Gasteiger partial charge in [-0.3, -0.25) is 4.79 Å². The van der Waals surface area contributed by atoms with Gasteiger partial charge in [0.05, 0.1) is 27.4 Å². The van der Waals surface area contributed by atoms with Gasteiger partial charge in [-0.15, -0.1) is 0 Å². The van der Waals surface area contributed by atoms with Crippen molar-refractivity contribution in [3.63, 3.8) is 0 Å². The third-order valence-corrected chi connectivity index (χ3v) is 5.93. The van der Waals surface area contributed by atoms with Gasteiger partial charge in [0.2, 0.25) is 5.75 Å². The van der Waals surface area contributed by atoms with Crippen LogP contribution in [-0.4, -0.2) is 67.8 Å². The fraction of sp³-hybridized carbons (Fsp3) is 0.476.